The summed E-state index contributed by atoms with van der Waals surface area (Å²) in [5.41, 5.74) is 4.16. The number of hydrogen-bond acceptors (Lipinski definition) is 2. The smallest absolute Gasteiger partial charge is 0.105 e. The molecular weight excluding hydrogens is 246 g/mol. The Labute approximate surface area is 118 Å². The number of pyridine rings is 1. The van der Waals surface area contributed by atoms with Crippen molar-refractivity contribution in [3.63, 3.8) is 0 Å². The molecule has 1 heterocycles. The first-order valence-corrected chi connectivity index (χ1v) is 6.74. The van der Waals surface area contributed by atoms with Crippen LogP contribution in [0.25, 0.3) is 10.8 Å². The Kier molecular flexibility index (Phi) is 3.25. The molecule has 0 spiro atoms. The second-order valence-electron chi connectivity index (χ2n) is 5.21. The number of aliphatic hydroxyl groups is 1. The van der Waals surface area contributed by atoms with Crippen LogP contribution in [0.5, 0.6) is 0 Å². The monoisotopic (exact) mass is 263 g/mol. The van der Waals surface area contributed by atoms with Crippen LogP contribution in [0.3, 0.4) is 0 Å². The zero-order valence-electron chi connectivity index (χ0n) is 11.7. The van der Waals surface area contributed by atoms with Crippen LogP contribution in [0.15, 0.2) is 54.9 Å². The second kappa shape index (κ2) is 5.06. The molecule has 0 amide bonds. The second-order valence-corrected chi connectivity index (χ2v) is 5.21. The first-order chi connectivity index (χ1) is 9.66. The fraction of sp³-hybridized carbons (Fsp3) is 0.167. The molecule has 0 fully saturated rings. The number of hydrogen-bond donors (Lipinski definition) is 1. The number of aromatic nitrogens is 1. The Bertz CT molecular complexity index is 759. The van der Waals surface area contributed by atoms with E-state index in [0.29, 0.717) is 0 Å². The van der Waals surface area contributed by atoms with Gasteiger partial charge in [-0.3, -0.25) is 4.98 Å². The molecule has 0 saturated heterocycles. The molecule has 0 radical (unpaired) electrons. The first kappa shape index (κ1) is 12.8. The molecule has 1 atom stereocenters. The maximum atomic E-state index is 10.8. The predicted molar refractivity (Wildman–Crippen MR) is 81.7 cm³/mol. The quantitative estimate of drug-likeness (QED) is 0.760. The van der Waals surface area contributed by atoms with E-state index in [1.165, 1.54) is 0 Å². The van der Waals surface area contributed by atoms with E-state index in [1.807, 2.05) is 44.3 Å². The molecule has 0 aliphatic carbocycles. The normalized spacial score (nSPS) is 12.6. The van der Waals surface area contributed by atoms with Gasteiger partial charge in [0.05, 0.1) is 0 Å². The lowest BCUT2D eigenvalue weighted by Crippen LogP contribution is -2.03. The van der Waals surface area contributed by atoms with E-state index in [9.17, 15) is 5.11 Å². The van der Waals surface area contributed by atoms with Crippen molar-refractivity contribution in [3.05, 3.63) is 77.1 Å². The molecule has 2 nitrogen and oxygen atoms in total. The van der Waals surface area contributed by atoms with Gasteiger partial charge in [-0.15, -0.1) is 0 Å². The third kappa shape index (κ3) is 2.19. The lowest BCUT2D eigenvalue weighted by Gasteiger charge is -2.17. The van der Waals surface area contributed by atoms with E-state index >= 15 is 0 Å². The van der Waals surface area contributed by atoms with Crippen molar-refractivity contribution in [2.45, 2.75) is 20.0 Å². The standard InChI is InChI=1S/C18H17NO/c1-12-6-7-13(2)17(10-12)18(20)16-5-3-4-14-11-19-9-8-15(14)16/h3-11,18,20H,1-2H3. The highest BCUT2D eigenvalue weighted by atomic mass is 16.3. The summed E-state index contributed by atoms with van der Waals surface area (Å²) in [5, 5.41) is 12.9. The summed E-state index contributed by atoms with van der Waals surface area (Å²) in [5.74, 6) is 0. The first-order valence-electron chi connectivity index (χ1n) is 6.74. The van der Waals surface area contributed by atoms with Gasteiger partial charge in [-0.05, 0) is 42.0 Å². The molecule has 100 valence electrons. The minimum Gasteiger partial charge on any atom is -0.384 e. The number of nitrogens with zero attached hydrogens (tertiary/aromatic N) is 1. The highest BCUT2D eigenvalue weighted by Crippen LogP contribution is 2.30. The van der Waals surface area contributed by atoms with Crippen LogP contribution in [0.2, 0.25) is 0 Å². The third-order valence-electron chi connectivity index (χ3n) is 3.74. The summed E-state index contributed by atoms with van der Waals surface area (Å²) in [4.78, 5) is 4.14. The zero-order valence-corrected chi connectivity index (χ0v) is 11.7. The lowest BCUT2D eigenvalue weighted by atomic mass is 9.93. The van der Waals surface area contributed by atoms with Crippen LogP contribution in [0.4, 0.5) is 0 Å². The summed E-state index contributed by atoms with van der Waals surface area (Å²) in [6, 6.07) is 14.1. The van der Waals surface area contributed by atoms with E-state index < -0.39 is 6.10 Å². The fourth-order valence-corrected chi connectivity index (χ4v) is 2.61. The summed E-state index contributed by atoms with van der Waals surface area (Å²) in [6.07, 6.45) is 2.98. The van der Waals surface area contributed by atoms with Crippen molar-refractivity contribution in [1.29, 1.82) is 0 Å². The summed E-state index contributed by atoms with van der Waals surface area (Å²) in [7, 11) is 0. The van der Waals surface area contributed by atoms with E-state index in [-0.39, 0.29) is 0 Å². The molecule has 20 heavy (non-hydrogen) atoms. The van der Waals surface area contributed by atoms with Crippen LogP contribution >= 0.6 is 0 Å². The van der Waals surface area contributed by atoms with Gasteiger partial charge >= 0.3 is 0 Å². The lowest BCUT2D eigenvalue weighted by molar-refractivity contribution is 0.221. The van der Waals surface area contributed by atoms with Crippen molar-refractivity contribution in [2.24, 2.45) is 0 Å². The maximum Gasteiger partial charge on any atom is 0.105 e. The number of aryl methyl sites for hydroxylation is 2. The molecule has 0 aliphatic rings. The summed E-state index contributed by atoms with van der Waals surface area (Å²) in [6.45, 7) is 4.08. The van der Waals surface area contributed by atoms with Gasteiger partial charge in [-0.25, -0.2) is 0 Å². The Morgan fingerprint density at radius 2 is 1.85 bits per heavy atom. The molecule has 3 aromatic rings. The van der Waals surface area contributed by atoms with Gasteiger partial charge < -0.3 is 5.11 Å². The van der Waals surface area contributed by atoms with E-state index in [0.717, 1.165) is 33.0 Å². The van der Waals surface area contributed by atoms with E-state index in [4.69, 9.17) is 0 Å². The Morgan fingerprint density at radius 1 is 1.00 bits per heavy atom. The number of fused-ring (bicyclic) bond motifs is 1. The fourth-order valence-electron chi connectivity index (χ4n) is 2.61. The Balaban J connectivity index is 2.17. The van der Waals surface area contributed by atoms with E-state index in [2.05, 4.69) is 23.2 Å². The van der Waals surface area contributed by atoms with Crippen molar-refractivity contribution < 1.29 is 5.11 Å². The van der Waals surface area contributed by atoms with Crippen LogP contribution in [-0.2, 0) is 0 Å². The summed E-state index contributed by atoms with van der Waals surface area (Å²) >= 11 is 0. The van der Waals surface area contributed by atoms with Crippen molar-refractivity contribution >= 4 is 10.8 Å². The van der Waals surface area contributed by atoms with Crippen LogP contribution in [-0.4, -0.2) is 10.1 Å². The maximum absolute atomic E-state index is 10.8. The molecule has 2 heteroatoms. The highest BCUT2D eigenvalue weighted by Gasteiger charge is 2.15. The SMILES string of the molecule is Cc1ccc(C)c(C(O)c2cccc3cnccc23)c1. The largest absolute Gasteiger partial charge is 0.384 e. The van der Waals surface area contributed by atoms with Gasteiger partial charge in [0.1, 0.15) is 6.10 Å². The van der Waals surface area contributed by atoms with Crippen molar-refractivity contribution in [1.82, 2.24) is 4.98 Å². The number of benzene rings is 2. The van der Waals surface area contributed by atoms with Crippen molar-refractivity contribution in [3.8, 4) is 0 Å². The van der Waals surface area contributed by atoms with Gasteiger partial charge in [-0.2, -0.15) is 0 Å². The third-order valence-corrected chi connectivity index (χ3v) is 3.74. The average molecular weight is 263 g/mol. The van der Waals surface area contributed by atoms with Crippen LogP contribution < -0.4 is 0 Å². The molecule has 1 N–H and O–H groups in total. The molecule has 1 aromatic heterocycles. The van der Waals surface area contributed by atoms with Crippen molar-refractivity contribution in [2.75, 3.05) is 0 Å². The number of rotatable bonds is 2. The molecule has 2 aromatic carbocycles. The van der Waals surface area contributed by atoms with Gasteiger partial charge in [-0.1, -0.05) is 42.0 Å². The highest BCUT2D eigenvalue weighted by molar-refractivity contribution is 5.85. The number of aliphatic hydroxyl groups excluding tert-OH is 1. The predicted octanol–water partition coefficient (Wildman–Crippen LogP) is 3.93. The van der Waals surface area contributed by atoms with Gasteiger partial charge in [0.2, 0.25) is 0 Å². The molecular formula is C18H17NO. The minimum absolute atomic E-state index is 0.610. The topological polar surface area (TPSA) is 33.1 Å². The molecule has 3 rings (SSSR count). The summed E-state index contributed by atoms with van der Waals surface area (Å²) < 4.78 is 0. The van der Waals surface area contributed by atoms with Gasteiger partial charge in [0.15, 0.2) is 0 Å². The van der Waals surface area contributed by atoms with Crippen LogP contribution in [0.1, 0.15) is 28.4 Å². The zero-order chi connectivity index (χ0) is 14.1. The molecule has 0 bridgehead atoms. The Hall–Kier alpha value is -2.19. The Morgan fingerprint density at radius 3 is 2.70 bits per heavy atom. The van der Waals surface area contributed by atoms with Crippen LogP contribution in [0, 0.1) is 13.8 Å². The van der Waals surface area contributed by atoms with Gasteiger partial charge in [0, 0.05) is 17.8 Å². The van der Waals surface area contributed by atoms with E-state index in [1.54, 1.807) is 6.20 Å². The molecule has 0 saturated carbocycles. The average Bonchev–Trinajstić information content (AvgIpc) is 2.48. The molecule has 0 aliphatic heterocycles. The minimum atomic E-state index is -0.610. The van der Waals surface area contributed by atoms with Gasteiger partial charge in [0.25, 0.3) is 0 Å². The molecule has 1 unspecified atom stereocenters.